The molecule has 0 heterocycles. The quantitative estimate of drug-likeness (QED) is 0.836. The zero-order valence-electron chi connectivity index (χ0n) is 9.94. The van der Waals surface area contributed by atoms with E-state index in [-0.39, 0.29) is 5.82 Å². The van der Waals surface area contributed by atoms with E-state index >= 15 is 0 Å². The minimum absolute atomic E-state index is 0.290. The van der Waals surface area contributed by atoms with Crippen molar-refractivity contribution in [3.8, 4) is 0 Å². The molecule has 0 radical (unpaired) electrons. The van der Waals surface area contributed by atoms with E-state index in [1.54, 1.807) is 12.1 Å². The van der Waals surface area contributed by atoms with Crippen molar-refractivity contribution in [2.45, 2.75) is 20.0 Å². The highest BCUT2D eigenvalue weighted by molar-refractivity contribution is 5.35. The van der Waals surface area contributed by atoms with Crippen molar-refractivity contribution < 1.29 is 9.50 Å². The Balaban J connectivity index is 2.36. The maximum atomic E-state index is 12.8. The van der Waals surface area contributed by atoms with Crippen LogP contribution in [0.4, 0.5) is 4.39 Å². The lowest BCUT2D eigenvalue weighted by Gasteiger charge is -2.13. The number of rotatable bonds is 2. The van der Waals surface area contributed by atoms with E-state index in [1.165, 1.54) is 12.1 Å². The highest BCUT2D eigenvalue weighted by atomic mass is 19.1. The lowest BCUT2D eigenvalue weighted by Crippen LogP contribution is -2.00. The molecule has 2 aromatic carbocycles. The van der Waals surface area contributed by atoms with Gasteiger partial charge in [0.1, 0.15) is 11.9 Å². The van der Waals surface area contributed by atoms with Gasteiger partial charge in [-0.1, -0.05) is 41.5 Å². The molecule has 0 saturated heterocycles. The van der Waals surface area contributed by atoms with Gasteiger partial charge in [-0.3, -0.25) is 0 Å². The van der Waals surface area contributed by atoms with Crippen LogP contribution in [-0.4, -0.2) is 5.11 Å². The Morgan fingerprint density at radius 1 is 0.882 bits per heavy atom. The number of hydrogen-bond acceptors (Lipinski definition) is 1. The SMILES string of the molecule is Cc1cc(C)cc([C@@H](O)c2ccc(F)cc2)c1. The third-order valence-electron chi connectivity index (χ3n) is 2.75. The van der Waals surface area contributed by atoms with Gasteiger partial charge in [0.05, 0.1) is 0 Å². The van der Waals surface area contributed by atoms with Crippen LogP contribution in [0, 0.1) is 19.7 Å². The van der Waals surface area contributed by atoms with Crippen LogP contribution < -0.4 is 0 Å². The monoisotopic (exact) mass is 230 g/mol. The summed E-state index contributed by atoms with van der Waals surface area (Å²) in [5.74, 6) is -0.290. The number of aryl methyl sites for hydroxylation is 2. The third-order valence-corrected chi connectivity index (χ3v) is 2.75. The molecule has 2 rings (SSSR count). The summed E-state index contributed by atoms with van der Waals surface area (Å²) in [5, 5.41) is 10.2. The molecule has 1 nitrogen and oxygen atoms in total. The number of hydrogen-bond donors (Lipinski definition) is 1. The maximum absolute atomic E-state index is 12.8. The maximum Gasteiger partial charge on any atom is 0.123 e. The molecule has 0 fully saturated rings. The standard InChI is InChI=1S/C15H15FO/c1-10-7-11(2)9-13(8-10)15(17)12-3-5-14(16)6-4-12/h3-9,15,17H,1-2H3/t15-/m0/s1. The third kappa shape index (κ3) is 2.71. The molecule has 17 heavy (non-hydrogen) atoms. The second-order valence-corrected chi connectivity index (χ2v) is 4.38. The van der Waals surface area contributed by atoms with Crippen LogP contribution in [0.5, 0.6) is 0 Å². The number of halogens is 1. The van der Waals surface area contributed by atoms with Gasteiger partial charge in [0.2, 0.25) is 0 Å². The molecule has 0 bridgehead atoms. The fraction of sp³-hybridized carbons (Fsp3) is 0.200. The Morgan fingerprint density at radius 3 is 1.94 bits per heavy atom. The predicted molar refractivity (Wildman–Crippen MR) is 66.4 cm³/mol. The van der Waals surface area contributed by atoms with Crippen molar-refractivity contribution in [1.82, 2.24) is 0 Å². The molecule has 0 aromatic heterocycles. The lowest BCUT2D eigenvalue weighted by atomic mass is 9.98. The van der Waals surface area contributed by atoms with Gasteiger partial charge in [0, 0.05) is 0 Å². The van der Waals surface area contributed by atoms with E-state index in [0.717, 1.165) is 16.7 Å². The molecule has 0 saturated carbocycles. The Kier molecular flexibility index (Phi) is 3.25. The van der Waals surface area contributed by atoms with Crippen molar-refractivity contribution >= 4 is 0 Å². The summed E-state index contributed by atoms with van der Waals surface area (Å²) in [5.41, 5.74) is 3.77. The zero-order valence-corrected chi connectivity index (χ0v) is 9.94. The normalized spacial score (nSPS) is 12.5. The molecule has 0 unspecified atom stereocenters. The Morgan fingerprint density at radius 2 is 1.41 bits per heavy atom. The first-order valence-corrected chi connectivity index (χ1v) is 5.58. The average Bonchev–Trinajstić information content (AvgIpc) is 2.28. The highest BCUT2D eigenvalue weighted by Crippen LogP contribution is 2.23. The van der Waals surface area contributed by atoms with E-state index in [9.17, 15) is 9.50 Å². The van der Waals surface area contributed by atoms with Crippen LogP contribution in [0.2, 0.25) is 0 Å². The van der Waals surface area contributed by atoms with Crippen molar-refractivity contribution in [3.05, 3.63) is 70.5 Å². The minimum atomic E-state index is -0.700. The summed E-state index contributed by atoms with van der Waals surface area (Å²) in [4.78, 5) is 0. The molecule has 2 heteroatoms. The zero-order chi connectivity index (χ0) is 12.4. The van der Waals surface area contributed by atoms with Crippen molar-refractivity contribution in [2.75, 3.05) is 0 Å². The van der Waals surface area contributed by atoms with Gasteiger partial charge in [-0.15, -0.1) is 0 Å². The van der Waals surface area contributed by atoms with Crippen LogP contribution >= 0.6 is 0 Å². The first kappa shape index (κ1) is 11.8. The van der Waals surface area contributed by atoms with E-state index < -0.39 is 6.10 Å². The molecule has 1 N–H and O–H groups in total. The molecule has 1 atom stereocenters. The second-order valence-electron chi connectivity index (χ2n) is 4.38. The van der Waals surface area contributed by atoms with Crippen molar-refractivity contribution in [2.24, 2.45) is 0 Å². The number of aliphatic hydroxyl groups excluding tert-OH is 1. The van der Waals surface area contributed by atoms with Gasteiger partial charge < -0.3 is 5.11 Å². The van der Waals surface area contributed by atoms with Gasteiger partial charge in [-0.05, 0) is 37.1 Å². The first-order valence-electron chi connectivity index (χ1n) is 5.58. The average molecular weight is 230 g/mol. The molecule has 88 valence electrons. The molecule has 2 aromatic rings. The van der Waals surface area contributed by atoms with Gasteiger partial charge in [0.25, 0.3) is 0 Å². The van der Waals surface area contributed by atoms with Gasteiger partial charge >= 0.3 is 0 Å². The molecule has 0 aliphatic carbocycles. The van der Waals surface area contributed by atoms with Gasteiger partial charge in [-0.2, -0.15) is 0 Å². The summed E-state index contributed by atoms with van der Waals surface area (Å²) >= 11 is 0. The molecule has 0 spiro atoms. The minimum Gasteiger partial charge on any atom is -0.384 e. The summed E-state index contributed by atoms with van der Waals surface area (Å²) in [6.07, 6.45) is -0.700. The fourth-order valence-corrected chi connectivity index (χ4v) is 2.01. The van der Waals surface area contributed by atoms with Crippen LogP contribution in [-0.2, 0) is 0 Å². The summed E-state index contributed by atoms with van der Waals surface area (Å²) in [7, 11) is 0. The molecular formula is C15H15FO. The smallest absolute Gasteiger partial charge is 0.123 e. The Bertz CT molecular complexity index is 497. The Hall–Kier alpha value is -1.67. The van der Waals surface area contributed by atoms with Gasteiger partial charge in [-0.25, -0.2) is 4.39 Å². The number of aliphatic hydroxyl groups is 1. The van der Waals surface area contributed by atoms with E-state index in [0.29, 0.717) is 5.56 Å². The summed E-state index contributed by atoms with van der Waals surface area (Å²) in [6, 6.07) is 11.9. The topological polar surface area (TPSA) is 20.2 Å². The molecule has 0 aliphatic heterocycles. The van der Waals surface area contributed by atoms with Crippen LogP contribution in [0.1, 0.15) is 28.4 Å². The molecule has 0 amide bonds. The van der Waals surface area contributed by atoms with Crippen molar-refractivity contribution in [1.29, 1.82) is 0 Å². The molecule has 0 aliphatic rings. The summed E-state index contributed by atoms with van der Waals surface area (Å²) in [6.45, 7) is 3.99. The van der Waals surface area contributed by atoms with Gasteiger partial charge in [0.15, 0.2) is 0 Å². The second kappa shape index (κ2) is 4.68. The first-order chi connectivity index (χ1) is 8.06. The lowest BCUT2D eigenvalue weighted by molar-refractivity contribution is 0.220. The van der Waals surface area contributed by atoms with E-state index in [4.69, 9.17) is 0 Å². The predicted octanol–water partition coefficient (Wildman–Crippen LogP) is 3.52. The van der Waals surface area contributed by atoms with Crippen molar-refractivity contribution in [3.63, 3.8) is 0 Å². The number of benzene rings is 2. The molecular weight excluding hydrogens is 215 g/mol. The van der Waals surface area contributed by atoms with E-state index in [2.05, 4.69) is 6.07 Å². The van der Waals surface area contributed by atoms with Crippen LogP contribution in [0.25, 0.3) is 0 Å². The van der Waals surface area contributed by atoms with Crippen LogP contribution in [0.15, 0.2) is 42.5 Å². The van der Waals surface area contributed by atoms with Crippen LogP contribution in [0.3, 0.4) is 0 Å². The van der Waals surface area contributed by atoms with E-state index in [1.807, 2.05) is 26.0 Å². The fourth-order valence-electron chi connectivity index (χ4n) is 2.01. The Labute approximate surface area is 101 Å². The highest BCUT2D eigenvalue weighted by Gasteiger charge is 2.11. The summed E-state index contributed by atoms with van der Waals surface area (Å²) < 4.78 is 12.8. The largest absolute Gasteiger partial charge is 0.384 e.